The highest BCUT2D eigenvalue weighted by Gasteiger charge is 2.09. The third-order valence-corrected chi connectivity index (χ3v) is 3.59. The first-order valence-corrected chi connectivity index (χ1v) is 6.77. The van der Waals surface area contributed by atoms with Gasteiger partial charge in [0, 0.05) is 38.8 Å². The number of aromatic nitrogens is 4. The maximum absolute atomic E-state index is 4.72. The van der Waals surface area contributed by atoms with E-state index in [0.29, 0.717) is 0 Å². The quantitative estimate of drug-likeness (QED) is 0.785. The first-order valence-electron chi connectivity index (χ1n) is 6.77. The predicted octanol–water partition coefficient (Wildman–Crippen LogP) is 1.74. The monoisotopic (exact) mass is 269 g/mol. The van der Waals surface area contributed by atoms with Gasteiger partial charge in [-0.05, 0) is 19.2 Å². The first-order chi connectivity index (χ1) is 9.69. The number of likely N-dealkylation sites (N-methyl/N-ethyl adjacent to an activating group) is 1. The van der Waals surface area contributed by atoms with Gasteiger partial charge in [-0.25, -0.2) is 9.97 Å². The zero-order valence-corrected chi connectivity index (χ0v) is 12.1. The Labute approximate surface area is 118 Å². The molecule has 0 bridgehead atoms. The SMILES string of the molecule is CNCCc1nc(-c2ccc3c(c2)ncn3C)cn1C. The minimum absolute atomic E-state index is 0.929. The summed E-state index contributed by atoms with van der Waals surface area (Å²) in [5.74, 6) is 1.09. The molecule has 0 fully saturated rings. The summed E-state index contributed by atoms with van der Waals surface area (Å²) in [6.45, 7) is 0.934. The molecule has 0 saturated heterocycles. The second kappa shape index (κ2) is 5.09. The highest BCUT2D eigenvalue weighted by molar-refractivity contribution is 5.81. The Hall–Kier alpha value is -2.14. The van der Waals surface area contributed by atoms with Crippen molar-refractivity contribution >= 4 is 11.0 Å². The summed E-state index contributed by atoms with van der Waals surface area (Å²) in [5, 5.41) is 3.15. The number of imidazole rings is 2. The van der Waals surface area contributed by atoms with E-state index in [4.69, 9.17) is 4.98 Å². The smallest absolute Gasteiger partial charge is 0.110 e. The van der Waals surface area contributed by atoms with Crippen molar-refractivity contribution in [2.45, 2.75) is 6.42 Å². The predicted molar refractivity (Wildman–Crippen MR) is 80.5 cm³/mol. The zero-order valence-electron chi connectivity index (χ0n) is 12.1. The lowest BCUT2D eigenvalue weighted by Gasteiger charge is -1.99. The second-order valence-corrected chi connectivity index (χ2v) is 5.07. The number of hydrogen-bond acceptors (Lipinski definition) is 3. The fraction of sp³-hybridized carbons (Fsp3) is 0.333. The average Bonchev–Trinajstić information content (AvgIpc) is 3.00. The van der Waals surface area contributed by atoms with Crippen molar-refractivity contribution in [1.29, 1.82) is 0 Å². The van der Waals surface area contributed by atoms with Gasteiger partial charge in [0.05, 0.1) is 23.1 Å². The fourth-order valence-corrected chi connectivity index (χ4v) is 2.41. The van der Waals surface area contributed by atoms with Gasteiger partial charge in [-0.15, -0.1) is 0 Å². The number of rotatable bonds is 4. The highest BCUT2D eigenvalue weighted by atomic mass is 15.1. The molecule has 2 aromatic heterocycles. The summed E-state index contributed by atoms with van der Waals surface area (Å²) in [7, 11) is 6.01. The molecule has 0 aliphatic heterocycles. The Morgan fingerprint density at radius 3 is 2.85 bits per heavy atom. The van der Waals surface area contributed by atoms with E-state index in [9.17, 15) is 0 Å². The van der Waals surface area contributed by atoms with Crippen LogP contribution in [0.4, 0.5) is 0 Å². The fourth-order valence-electron chi connectivity index (χ4n) is 2.41. The van der Waals surface area contributed by atoms with Gasteiger partial charge in [-0.3, -0.25) is 0 Å². The van der Waals surface area contributed by atoms with Crippen LogP contribution >= 0.6 is 0 Å². The van der Waals surface area contributed by atoms with Crippen molar-refractivity contribution in [2.75, 3.05) is 13.6 Å². The molecule has 0 spiro atoms. The molecule has 5 nitrogen and oxygen atoms in total. The molecule has 3 rings (SSSR count). The molecular formula is C15H19N5. The van der Waals surface area contributed by atoms with Crippen molar-refractivity contribution in [3.63, 3.8) is 0 Å². The van der Waals surface area contributed by atoms with Crippen molar-refractivity contribution in [2.24, 2.45) is 14.1 Å². The standard InChI is InChI=1S/C15H19N5/c1-16-7-6-15-18-13(9-19(15)2)11-4-5-14-12(8-11)17-10-20(14)3/h4-5,8-10,16H,6-7H2,1-3H3. The molecule has 0 unspecified atom stereocenters. The highest BCUT2D eigenvalue weighted by Crippen LogP contribution is 2.23. The van der Waals surface area contributed by atoms with E-state index in [1.165, 1.54) is 0 Å². The van der Waals surface area contributed by atoms with Crippen LogP contribution in [0.5, 0.6) is 0 Å². The van der Waals surface area contributed by atoms with Crippen LogP contribution in [0.2, 0.25) is 0 Å². The van der Waals surface area contributed by atoms with Gasteiger partial charge < -0.3 is 14.5 Å². The number of nitrogens with zero attached hydrogens (tertiary/aromatic N) is 4. The molecule has 0 atom stereocenters. The topological polar surface area (TPSA) is 47.7 Å². The van der Waals surface area contributed by atoms with E-state index in [0.717, 1.165) is 41.1 Å². The van der Waals surface area contributed by atoms with Crippen molar-refractivity contribution in [3.05, 3.63) is 36.5 Å². The Morgan fingerprint density at radius 1 is 1.20 bits per heavy atom. The van der Waals surface area contributed by atoms with Crippen LogP contribution in [0, 0.1) is 0 Å². The van der Waals surface area contributed by atoms with Crippen molar-refractivity contribution in [1.82, 2.24) is 24.4 Å². The van der Waals surface area contributed by atoms with E-state index in [1.807, 2.05) is 32.0 Å². The number of benzene rings is 1. The van der Waals surface area contributed by atoms with Crippen LogP contribution in [-0.2, 0) is 20.5 Å². The molecule has 5 heteroatoms. The van der Waals surface area contributed by atoms with E-state index in [1.54, 1.807) is 0 Å². The van der Waals surface area contributed by atoms with Gasteiger partial charge in [0.2, 0.25) is 0 Å². The summed E-state index contributed by atoms with van der Waals surface area (Å²) >= 11 is 0. The number of nitrogens with one attached hydrogen (secondary N) is 1. The van der Waals surface area contributed by atoms with Crippen molar-refractivity contribution < 1.29 is 0 Å². The largest absolute Gasteiger partial charge is 0.337 e. The minimum Gasteiger partial charge on any atom is -0.337 e. The lowest BCUT2D eigenvalue weighted by molar-refractivity contribution is 0.718. The third kappa shape index (κ3) is 2.20. The second-order valence-electron chi connectivity index (χ2n) is 5.07. The average molecular weight is 269 g/mol. The number of fused-ring (bicyclic) bond motifs is 1. The molecule has 0 aliphatic rings. The van der Waals surface area contributed by atoms with Gasteiger partial charge in [0.25, 0.3) is 0 Å². The minimum atomic E-state index is 0.929. The van der Waals surface area contributed by atoms with Gasteiger partial charge in [0.15, 0.2) is 0 Å². The Balaban J connectivity index is 1.97. The molecule has 3 aromatic rings. The van der Waals surface area contributed by atoms with Crippen LogP contribution in [0.3, 0.4) is 0 Å². The van der Waals surface area contributed by atoms with Crippen LogP contribution in [0.1, 0.15) is 5.82 Å². The van der Waals surface area contributed by atoms with Crippen molar-refractivity contribution in [3.8, 4) is 11.3 Å². The van der Waals surface area contributed by atoms with E-state index in [2.05, 4.69) is 39.3 Å². The molecule has 20 heavy (non-hydrogen) atoms. The Bertz CT molecular complexity index is 738. The van der Waals surface area contributed by atoms with Crippen LogP contribution in [-0.4, -0.2) is 32.7 Å². The summed E-state index contributed by atoms with van der Waals surface area (Å²) in [5.41, 5.74) is 4.26. The summed E-state index contributed by atoms with van der Waals surface area (Å²) in [4.78, 5) is 9.12. The van der Waals surface area contributed by atoms with Crippen LogP contribution < -0.4 is 5.32 Å². The van der Waals surface area contributed by atoms with Gasteiger partial charge in [0.1, 0.15) is 5.82 Å². The molecule has 0 saturated carbocycles. The molecule has 104 valence electrons. The maximum atomic E-state index is 4.72. The summed E-state index contributed by atoms with van der Waals surface area (Å²) in [6, 6.07) is 6.30. The molecule has 1 aromatic carbocycles. The number of aryl methyl sites for hydroxylation is 2. The normalized spacial score (nSPS) is 11.3. The molecule has 0 amide bonds. The number of hydrogen-bond donors (Lipinski definition) is 1. The van der Waals surface area contributed by atoms with Gasteiger partial charge in [-0.1, -0.05) is 6.07 Å². The lowest BCUT2D eigenvalue weighted by Crippen LogP contribution is -2.12. The van der Waals surface area contributed by atoms with E-state index < -0.39 is 0 Å². The van der Waals surface area contributed by atoms with E-state index >= 15 is 0 Å². The van der Waals surface area contributed by atoms with Crippen LogP contribution in [0.25, 0.3) is 22.3 Å². The molecule has 1 N–H and O–H groups in total. The third-order valence-electron chi connectivity index (χ3n) is 3.59. The first kappa shape index (κ1) is 12.9. The Morgan fingerprint density at radius 2 is 2.05 bits per heavy atom. The lowest BCUT2D eigenvalue weighted by atomic mass is 10.1. The summed E-state index contributed by atoms with van der Waals surface area (Å²) < 4.78 is 4.12. The molecular weight excluding hydrogens is 250 g/mol. The van der Waals surface area contributed by atoms with E-state index in [-0.39, 0.29) is 0 Å². The van der Waals surface area contributed by atoms with Gasteiger partial charge in [-0.2, -0.15) is 0 Å². The zero-order chi connectivity index (χ0) is 14.1. The Kier molecular flexibility index (Phi) is 3.28. The molecule has 0 radical (unpaired) electrons. The molecule has 2 heterocycles. The van der Waals surface area contributed by atoms with Crippen LogP contribution in [0.15, 0.2) is 30.7 Å². The maximum Gasteiger partial charge on any atom is 0.110 e. The van der Waals surface area contributed by atoms with Gasteiger partial charge >= 0.3 is 0 Å². The molecule has 0 aliphatic carbocycles. The summed E-state index contributed by atoms with van der Waals surface area (Å²) in [6.07, 6.45) is 4.85.